The van der Waals surface area contributed by atoms with Crippen LogP contribution < -0.4 is 10.1 Å². The number of ether oxygens (including phenoxy) is 1. The Hall–Kier alpha value is -1.09. The molecule has 1 aromatic heterocycles. The summed E-state index contributed by atoms with van der Waals surface area (Å²) in [6.07, 6.45) is 5.22. The third-order valence-electron chi connectivity index (χ3n) is 2.29. The minimum Gasteiger partial charge on any atom is -0.493 e. The lowest BCUT2D eigenvalue weighted by Gasteiger charge is -2.07. The first-order valence-corrected chi connectivity index (χ1v) is 6.15. The van der Waals surface area contributed by atoms with Crippen LogP contribution in [0.2, 0.25) is 0 Å². The lowest BCUT2D eigenvalue weighted by molar-refractivity contribution is 0.308. The fourth-order valence-corrected chi connectivity index (χ4v) is 1.37. The summed E-state index contributed by atoms with van der Waals surface area (Å²) < 4.78 is 5.63. The summed E-state index contributed by atoms with van der Waals surface area (Å²) in [5.41, 5.74) is 1.04. The molecule has 0 unspecified atom stereocenters. The fraction of sp³-hybridized carbons (Fsp3) is 0.615. The van der Waals surface area contributed by atoms with Gasteiger partial charge in [0.15, 0.2) is 0 Å². The number of hydrogen-bond acceptors (Lipinski definition) is 3. The number of rotatable bonds is 8. The van der Waals surface area contributed by atoms with Gasteiger partial charge in [-0.3, -0.25) is 4.98 Å². The number of nitrogens with zero attached hydrogens (tertiary/aromatic N) is 1. The van der Waals surface area contributed by atoms with Crippen molar-refractivity contribution >= 4 is 0 Å². The van der Waals surface area contributed by atoms with Crippen molar-refractivity contribution in [2.75, 3.05) is 13.2 Å². The van der Waals surface area contributed by atoms with E-state index in [0.717, 1.165) is 50.4 Å². The van der Waals surface area contributed by atoms with Crippen LogP contribution in [-0.2, 0) is 6.54 Å². The summed E-state index contributed by atoms with van der Waals surface area (Å²) in [6, 6.07) is 3.93. The molecule has 0 aromatic carbocycles. The van der Waals surface area contributed by atoms with Gasteiger partial charge < -0.3 is 10.1 Å². The van der Waals surface area contributed by atoms with Crippen LogP contribution in [0.4, 0.5) is 0 Å². The second kappa shape index (κ2) is 8.11. The minimum atomic E-state index is 0.794. The Kier molecular flexibility index (Phi) is 6.58. The zero-order valence-electron chi connectivity index (χ0n) is 10.3. The van der Waals surface area contributed by atoms with Gasteiger partial charge in [-0.2, -0.15) is 0 Å². The number of nitrogens with one attached hydrogen (secondary N) is 1. The Morgan fingerprint density at radius 2 is 2.19 bits per heavy atom. The van der Waals surface area contributed by atoms with Crippen LogP contribution in [0.3, 0.4) is 0 Å². The molecule has 1 aromatic rings. The Labute approximate surface area is 98.2 Å². The van der Waals surface area contributed by atoms with Gasteiger partial charge in [-0.05, 0) is 25.5 Å². The van der Waals surface area contributed by atoms with Crippen molar-refractivity contribution in [3.63, 3.8) is 0 Å². The maximum atomic E-state index is 5.63. The molecule has 1 heterocycles. The number of hydrogen-bond donors (Lipinski definition) is 1. The number of pyridine rings is 1. The molecule has 1 N–H and O–H groups in total. The maximum absolute atomic E-state index is 5.63. The van der Waals surface area contributed by atoms with Gasteiger partial charge in [0.05, 0.1) is 12.3 Å². The minimum absolute atomic E-state index is 0.794. The summed E-state index contributed by atoms with van der Waals surface area (Å²) in [6.45, 7) is 6.96. The van der Waals surface area contributed by atoms with E-state index in [9.17, 15) is 0 Å². The van der Waals surface area contributed by atoms with Crippen molar-refractivity contribution in [1.29, 1.82) is 0 Å². The van der Waals surface area contributed by atoms with E-state index in [2.05, 4.69) is 24.1 Å². The molecule has 3 heteroatoms. The SMILES string of the molecule is CCCCOc1ccnc(CNCCC)c1. The molecule has 0 radical (unpaired) electrons. The van der Waals surface area contributed by atoms with Crippen LogP contribution in [0.1, 0.15) is 38.8 Å². The lowest BCUT2D eigenvalue weighted by atomic mass is 10.3. The highest BCUT2D eigenvalue weighted by Gasteiger charge is 1.97. The van der Waals surface area contributed by atoms with Gasteiger partial charge in [0.25, 0.3) is 0 Å². The Bertz CT molecular complexity index is 264. The standard InChI is InChI=1S/C13H22N2O/c1-3-5-9-16-13-6-8-15-12(10-13)11-14-7-4-2/h6,8,10,14H,3-5,7,9,11H2,1-2H3. The Morgan fingerprint density at radius 3 is 2.94 bits per heavy atom. The topological polar surface area (TPSA) is 34.1 Å². The summed E-state index contributed by atoms with van der Waals surface area (Å²) >= 11 is 0. The van der Waals surface area contributed by atoms with Gasteiger partial charge in [0, 0.05) is 18.8 Å². The van der Waals surface area contributed by atoms with E-state index in [1.807, 2.05) is 18.3 Å². The summed E-state index contributed by atoms with van der Waals surface area (Å²) in [7, 11) is 0. The van der Waals surface area contributed by atoms with E-state index in [-0.39, 0.29) is 0 Å². The summed E-state index contributed by atoms with van der Waals surface area (Å²) in [4.78, 5) is 4.30. The van der Waals surface area contributed by atoms with Crippen LogP contribution in [0, 0.1) is 0 Å². The molecule has 0 atom stereocenters. The average molecular weight is 222 g/mol. The normalized spacial score (nSPS) is 10.4. The van der Waals surface area contributed by atoms with Gasteiger partial charge in [0.2, 0.25) is 0 Å². The van der Waals surface area contributed by atoms with Crippen molar-refractivity contribution in [1.82, 2.24) is 10.3 Å². The van der Waals surface area contributed by atoms with Gasteiger partial charge in [0.1, 0.15) is 5.75 Å². The average Bonchev–Trinajstić information content (AvgIpc) is 2.30. The zero-order chi connectivity index (χ0) is 11.6. The van der Waals surface area contributed by atoms with Gasteiger partial charge in [-0.25, -0.2) is 0 Å². The van der Waals surface area contributed by atoms with Crippen LogP contribution >= 0.6 is 0 Å². The molecule has 0 aliphatic carbocycles. The molecule has 1 rings (SSSR count). The van der Waals surface area contributed by atoms with E-state index in [4.69, 9.17) is 4.74 Å². The third-order valence-corrected chi connectivity index (χ3v) is 2.29. The molecule has 0 spiro atoms. The van der Waals surface area contributed by atoms with E-state index in [1.54, 1.807) is 0 Å². The lowest BCUT2D eigenvalue weighted by Crippen LogP contribution is -2.14. The van der Waals surface area contributed by atoms with Crippen LogP contribution in [0.5, 0.6) is 5.75 Å². The Balaban J connectivity index is 2.37. The van der Waals surface area contributed by atoms with Gasteiger partial charge in [-0.1, -0.05) is 20.3 Å². The summed E-state index contributed by atoms with van der Waals surface area (Å²) in [5.74, 6) is 0.928. The number of aromatic nitrogens is 1. The van der Waals surface area contributed by atoms with Gasteiger partial charge in [-0.15, -0.1) is 0 Å². The van der Waals surface area contributed by atoms with Crippen LogP contribution in [0.15, 0.2) is 18.3 Å². The van der Waals surface area contributed by atoms with E-state index in [1.165, 1.54) is 0 Å². The first kappa shape index (κ1) is 13.0. The summed E-state index contributed by atoms with van der Waals surface area (Å²) in [5, 5.41) is 3.33. The van der Waals surface area contributed by atoms with Crippen molar-refractivity contribution < 1.29 is 4.74 Å². The van der Waals surface area contributed by atoms with Crippen molar-refractivity contribution in [2.24, 2.45) is 0 Å². The highest BCUT2D eigenvalue weighted by Crippen LogP contribution is 2.11. The number of unbranched alkanes of at least 4 members (excludes halogenated alkanes) is 1. The Morgan fingerprint density at radius 1 is 1.31 bits per heavy atom. The fourth-order valence-electron chi connectivity index (χ4n) is 1.37. The van der Waals surface area contributed by atoms with Gasteiger partial charge >= 0.3 is 0 Å². The second-order valence-electron chi connectivity index (χ2n) is 3.86. The monoisotopic (exact) mass is 222 g/mol. The molecule has 0 aliphatic rings. The first-order valence-electron chi connectivity index (χ1n) is 6.15. The molecule has 3 nitrogen and oxygen atoms in total. The van der Waals surface area contributed by atoms with Crippen LogP contribution in [0.25, 0.3) is 0 Å². The van der Waals surface area contributed by atoms with Crippen molar-refractivity contribution in [2.45, 2.75) is 39.7 Å². The third kappa shape index (κ3) is 5.12. The van der Waals surface area contributed by atoms with E-state index >= 15 is 0 Å². The molecule has 0 saturated carbocycles. The highest BCUT2D eigenvalue weighted by molar-refractivity contribution is 5.22. The zero-order valence-corrected chi connectivity index (χ0v) is 10.3. The predicted molar refractivity (Wildman–Crippen MR) is 66.6 cm³/mol. The molecule has 0 fully saturated rings. The smallest absolute Gasteiger partial charge is 0.122 e. The van der Waals surface area contributed by atoms with Crippen LogP contribution in [-0.4, -0.2) is 18.1 Å². The molecule has 90 valence electrons. The molecule has 0 saturated heterocycles. The molecule has 0 bridgehead atoms. The predicted octanol–water partition coefficient (Wildman–Crippen LogP) is 2.76. The molecule has 16 heavy (non-hydrogen) atoms. The first-order chi connectivity index (χ1) is 7.86. The highest BCUT2D eigenvalue weighted by atomic mass is 16.5. The van der Waals surface area contributed by atoms with Crippen molar-refractivity contribution in [3.8, 4) is 5.75 Å². The largest absolute Gasteiger partial charge is 0.493 e. The quantitative estimate of drug-likeness (QED) is 0.687. The molecular weight excluding hydrogens is 200 g/mol. The van der Waals surface area contributed by atoms with E-state index in [0.29, 0.717) is 0 Å². The molecular formula is C13H22N2O. The molecule has 0 aliphatic heterocycles. The second-order valence-corrected chi connectivity index (χ2v) is 3.86. The molecule has 0 amide bonds. The van der Waals surface area contributed by atoms with Crippen molar-refractivity contribution in [3.05, 3.63) is 24.0 Å². The van der Waals surface area contributed by atoms with E-state index < -0.39 is 0 Å². The maximum Gasteiger partial charge on any atom is 0.122 e.